The second-order valence-corrected chi connectivity index (χ2v) is 9.06. The number of anilines is 1. The molecule has 0 aliphatic heterocycles. The van der Waals surface area contributed by atoms with Gasteiger partial charge in [-0.1, -0.05) is 31.1 Å². The lowest BCUT2D eigenvalue weighted by Crippen LogP contribution is -2.23. The van der Waals surface area contributed by atoms with Crippen molar-refractivity contribution < 1.29 is 22.5 Å². The summed E-state index contributed by atoms with van der Waals surface area (Å²) in [5.74, 6) is 1.07. The molecule has 0 aliphatic rings. The first kappa shape index (κ1) is 23.3. The fourth-order valence-corrected chi connectivity index (χ4v) is 4.20. The monoisotopic (exact) mass is 458 g/mol. The number of nitrogens with one attached hydrogen (secondary N) is 2. The zero-order chi connectivity index (χ0) is 23.3. The Morgan fingerprint density at radius 1 is 1.16 bits per heavy atom. The van der Waals surface area contributed by atoms with Gasteiger partial charge in [0.25, 0.3) is 15.9 Å². The molecule has 0 saturated heterocycles. The summed E-state index contributed by atoms with van der Waals surface area (Å²) in [6.07, 6.45) is 0.464. The first-order valence-corrected chi connectivity index (χ1v) is 11.6. The van der Waals surface area contributed by atoms with Crippen LogP contribution in [0.15, 0.2) is 51.9 Å². The average molecular weight is 459 g/mol. The molecule has 0 spiro atoms. The minimum atomic E-state index is -4.00. The molecule has 1 heterocycles. The minimum Gasteiger partial charge on any atom is -0.495 e. The van der Waals surface area contributed by atoms with Gasteiger partial charge in [0.1, 0.15) is 10.6 Å². The standard InChI is InChI=1S/C22H26N4O5S/c1-5-23-21(27)16-8-11-18(30-4)19(13-16)32(28,29)26-17-9-6-15(7-10-17)12-20-24-22(14(2)3)31-25-20/h6-11,13-14,26H,5,12H2,1-4H3,(H,23,27). The molecular formula is C22H26N4O5S. The molecule has 3 rings (SSSR count). The van der Waals surface area contributed by atoms with E-state index in [0.717, 1.165) is 5.56 Å². The molecule has 32 heavy (non-hydrogen) atoms. The van der Waals surface area contributed by atoms with Gasteiger partial charge in [-0.05, 0) is 42.8 Å². The molecule has 2 aromatic carbocycles. The van der Waals surface area contributed by atoms with Crippen LogP contribution in [0.3, 0.4) is 0 Å². The molecule has 170 valence electrons. The van der Waals surface area contributed by atoms with Gasteiger partial charge < -0.3 is 14.6 Å². The van der Waals surface area contributed by atoms with Gasteiger partial charge in [0, 0.05) is 30.1 Å². The molecule has 2 N–H and O–H groups in total. The van der Waals surface area contributed by atoms with Gasteiger partial charge in [-0.25, -0.2) is 8.42 Å². The van der Waals surface area contributed by atoms with E-state index in [1.54, 1.807) is 31.2 Å². The van der Waals surface area contributed by atoms with E-state index in [4.69, 9.17) is 9.26 Å². The third-order valence-electron chi connectivity index (χ3n) is 4.60. The first-order valence-electron chi connectivity index (χ1n) is 10.1. The highest BCUT2D eigenvalue weighted by Gasteiger charge is 2.22. The molecule has 0 bridgehead atoms. The largest absolute Gasteiger partial charge is 0.495 e. The minimum absolute atomic E-state index is 0.124. The summed E-state index contributed by atoms with van der Waals surface area (Å²) >= 11 is 0. The van der Waals surface area contributed by atoms with Gasteiger partial charge >= 0.3 is 0 Å². The van der Waals surface area contributed by atoms with Gasteiger partial charge in [-0.2, -0.15) is 4.98 Å². The Kier molecular flexibility index (Phi) is 7.14. The number of hydrogen-bond donors (Lipinski definition) is 2. The van der Waals surface area contributed by atoms with Crippen LogP contribution < -0.4 is 14.8 Å². The zero-order valence-corrected chi connectivity index (χ0v) is 19.2. The molecule has 3 aromatic rings. The maximum Gasteiger partial charge on any atom is 0.265 e. The summed E-state index contributed by atoms with van der Waals surface area (Å²) in [5.41, 5.74) is 1.50. The van der Waals surface area contributed by atoms with Crippen LogP contribution in [0.1, 0.15) is 54.3 Å². The molecule has 0 saturated carbocycles. The predicted molar refractivity (Wildman–Crippen MR) is 119 cm³/mol. The van der Waals surface area contributed by atoms with E-state index >= 15 is 0 Å². The van der Waals surface area contributed by atoms with E-state index in [-0.39, 0.29) is 28.0 Å². The van der Waals surface area contributed by atoms with Gasteiger partial charge in [0.05, 0.1) is 7.11 Å². The molecule has 0 aliphatic carbocycles. The van der Waals surface area contributed by atoms with E-state index < -0.39 is 10.0 Å². The van der Waals surface area contributed by atoms with Crippen LogP contribution in [0, 0.1) is 0 Å². The van der Waals surface area contributed by atoms with E-state index in [0.29, 0.717) is 30.4 Å². The lowest BCUT2D eigenvalue weighted by Gasteiger charge is -2.13. The van der Waals surface area contributed by atoms with Crippen molar-refractivity contribution in [1.82, 2.24) is 15.5 Å². The fraction of sp³-hybridized carbons (Fsp3) is 0.318. The highest BCUT2D eigenvalue weighted by atomic mass is 32.2. The highest BCUT2D eigenvalue weighted by Crippen LogP contribution is 2.27. The van der Waals surface area contributed by atoms with E-state index in [2.05, 4.69) is 20.2 Å². The van der Waals surface area contributed by atoms with E-state index in [1.165, 1.54) is 25.3 Å². The predicted octanol–water partition coefficient (Wildman–Crippen LogP) is 3.34. The zero-order valence-electron chi connectivity index (χ0n) is 18.4. The molecule has 10 heteroatoms. The van der Waals surface area contributed by atoms with Gasteiger partial charge in [-0.3, -0.25) is 9.52 Å². The third-order valence-corrected chi connectivity index (χ3v) is 6.00. The van der Waals surface area contributed by atoms with Gasteiger partial charge in [-0.15, -0.1) is 0 Å². The number of sulfonamides is 1. The summed E-state index contributed by atoms with van der Waals surface area (Å²) in [5, 5.41) is 6.61. The number of aromatic nitrogens is 2. The van der Waals surface area contributed by atoms with Crippen molar-refractivity contribution in [1.29, 1.82) is 0 Å². The van der Waals surface area contributed by atoms with Crippen molar-refractivity contribution in [2.75, 3.05) is 18.4 Å². The maximum absolute atomic E-state index is 13.0. The van der Waals surface area contributed by atoms with Crippen molar-refractivity contribution in [3.8, 4) is 5.75 Å². The number of amides is 1. The van der Waals surface area contributed by atoms with Crippen LogP contribution >= 0.6 is 0 Å². The Bertz CT molecular complexity index is 1190. The molecule has 0 atom stereocenters. The molecule has 9 nitrogen and oxygen atoms in total. The Balaban J connectivity index is 1.78. The number of benzene rings is 2. The molecule has 0 radical (unpaired) electrons. The number of carbonyl (C=O) groups is 1. The van der Waals surface area contributed by atoms with Crippen LogP contribution in [0.2, 0.25) is 0 Å². The van der Waals surface area contributed by atoms with Crippen LogP contribution in [0.25, 0.3) is 0 Å². The van der Waals surface area contributed by atoms with Gasteiger partial charge in [0.15, 0.2) is 5.82 Å². The lowest BCUT2D eigenvalue weighted by atomic mass is 10.1. The number of nitrogens with zero attached hydrogens (tertiary/aromatic N) is 2. The summed E-state index contributed by atoms with van der Waals surface area (Å²) in [7, 11) is -2.63. The number of rotatable bonds is 9. The first-order chi connectivity index (χ1) is 15.2. The second kappa shape index (κ2) is 9.82. The van der Waals surface area contributed by atoms with Crippen molar-refractivity contribution in [3.05, 3.63) is 65.3 Å². The Labute approximate surface area is 187 Å². The number of ether oxygens (including phenoxy) is 1. The van der Waals surface area contributed by atoms with Crippen LogP contribution in [-0.2, 0) is 16.4 Å². The van der Waals surface area contributed by atoms with Crippen molar-refractivity contribution in [2.24, 2.45) is 0 Å². The molecule has 0 fully saturated rings. The highest BCUT2D eigenvalue weighted by molar-refractivity contribution is 7.92. The Morgan fingerprint density at radius 3 is 2.47 bits per heavy atom. The Morgan fingerprint density at radius 2 is 1.88 bits per heavy atom. The number of methoxy groups -OCH3 is 1. The fourth-order valence-electron chi connectivity index (χ4n) is 2.95. The van der Waals surface area contributed by atoms with Crippen LogP contribution in [0.4, 0.5) is 5.69 Å². The van der Waals surface area contributed by atoms with Crippen molar-refractivity contribution >= 4 is 21.6 Å². The normalized spacial score (nSPS) is 11.4. The topological polar surface area (TPSA) is 123 Å². The molecule has 1 aromatic heterocycles. The smallest absolute Gasteiger partial charge is 0.265 e. The van der Waals surface area contributed by atoms with E-state index in [1.807, 2.05) is 13.8 Å². The average Bonchev–Trinajstić information content (AvgIpc) is 3.23. The van der Waals surface area contributed by atoms with Crippen LogP contribution in [-0.4, -0.2) is 38.1 Å². The van der Waals surface area contributed by atoms with Crippen molar-refractivity contribution in [3.63, 3.8) is 0 Å². The summed E-state index contributed by atoms with van der Waals surface area (Å²) < 4.78 is 38.9. The second-order valence-electron chi connectivity index (χ2n) is 7.41. The maximum atomic E-state index is 13.0. The van der Waals surface area contributed by atoms with Crippen LogP contribution in [0.5, 0.6) is 5.75 Å². The van der Waals surface area contributed by atoms with Gasteiger partial charge in [0.2, 0.25) is 5.89 Å². The SMILES string of the molecule is CCNC(=O)c1ccc(OC)c(S(=O)(=O)Nc2ccc(Cc3noc(C(C)C)n3)cc2)c1. The molecule has 1 amide bonds. The number of carbonyl (C=O) groups excluding carboxylic acids is 1. The lowest BCUT2D eigenvalue weighted by molar-refractivity contribution is 0.0955. The van der Waals surface area contributed by atoms with Crippen molar-refractivity contribution in [2.45, 2.75) is 38.0 Å². The summed E-state index contributed by atoms with van der Waals surface area (Å²) in [6, 6.07) is 11.1. The number of hydrogen-bond acceptors (Lipinski definition) is 7. The quantitative estimate of drug-likeness (QED) is 0.504. The summed E-state index contributed by atoms with van der Waals surface area (Å²) in [4.78, 5) is 16.3. The molecular weight excluding hydrogens is 432 g/mol. The summed E-state index contributed by atoms with van der Waals surface area (Å²) in [6.45, 7) is 6.16. The molecule has 0 unspecified atom stereocenters. The Hall–Kier alpha value is -3.40. The van der Waals surface area contributed by atoms with E-state index in [9.17, 15) is 13.2 Å². The third kappa shape index (κ3) is 5.44.